The van der Waals surface area contributed by atoms with Crippen molar-refractivity contribution in [3.8, 4) is 12.1 Å². The molecule has 1 spiro atoms. The SMILES string of the molecule is N#C[C@]12C(Cc3ccccc3)(Cc3ccccc3)[C@@]1(C#N)C(N)=N[C@@]21OCCS1. The monoisotopic (exact) mass is 400 g/mol. The van der Waals surface area contributed by atoms with Crippen LogP contribution >= 0.6 is 11.8 Å². The summed E-state index contributed by atoms with van der Waals surface area (Å²) in [6, 6.07) is 25.0. The van der Waals surface area contributed by atoms with E-state index in [0.717, 1.165) is 16.9 Å². The summed E-state index contributed by atoms with van der Waals surface area (Å²) in [6.07, 6.45) is 1.12. The number of fused-ring (bicyclic) bond motifs is 2. The Hall–Kier alpha value is -2.80. The molecule has 6 heteroatoms. The van der Waals surface area contributed by atoms with Crippen molar-refractivity contribution in [3.63, 3.8) is 0 Å². The Morgan fingerprint density at radius 3 is 2.00 bits per heavy atom. The number of amidine groups is 1. The summed E-state index contributed by atoms with van der Waals surface area (Å²) in [5.74, 6) is 0.969. The number of benzene rings is 2. The lowest BCUT2D eigenvalue weighted by molar-refractivity contribution is 0.00727. The Balaban J connectivity index is 1.73. The Morgan fingerprint density at radius 1 is 0.966 bits per heavy atom. The van der Waals surface area contributed by atoms with E-state index < -0.39 is 21.3 Å². The zero-order valence-corrected chi connectivity index (χ0v) is 16.7. The maximum atomic E-state index is 10.6. The third-order valence-corrected chi connectivity index (χ3v) is 8.05. The Labute approximate surface area is 174 Å². The third-order valence-electron chi connectivity index (χ3n) is 6.77. The zero-order chi connectivity index (χ0) is 20.2. The molecule has 2 heterocycles. The molecule has 5 nitrogen and oxygen atoms in total. The van der Waals surface area contributed by atoms with Gasteiger partial charge < -0.3 is 10.5 Å². The van der Waals surface area contributed by atoms with E-state index >= 15 is 0 Å². The van der Waals surface area contributed by atoms with Gasteiger partial charge in [0.1, 0.15) is 11.3 Å². The molecule has 2 aliphatic heterocycles. The molecule has 29 heavy (non-hydrogen) atoms. The highest BCUT2D eigenvalue weighted by Gasteiger charge is 2.99. The molecule has 2 fully saturated rings. The number of thioether (sulfide) groups is 1. The third kappa shape index (κ3) is 1.96. The summed E-state index contributed by atoms with van der Waals surface area (Å²) in [7, 11) is 0. The Kier molecular flexibility index (Phi) is 3.84. The Bertz CT molecular complexity index is 1020. The summed E-state index contributed by atoms with van der Waals surface area (Å²) in [5, 5.41) is 19.9. The molecule has 144 valence electrons. The maximum Gasteiger partial charge on any atom is 0.230 e. The van der Waals surface area contributed by atoms with Crippen LogP contribution in [0.15, 0.2) is 65.7 Å². The number of hydrogen-bond acceptors (Lipinski definition) is 6. The molecule has 5 rings (SSSR count). The maximum absolute atomic E-state index is 10.6. The van der Waals surface area contributed by atoms with Gasteiger partial charge in [-0.2, -0.15) is 10.5 Å². The van der Waals surface area contributed by atoms with E-state index in [1.165, 1.54) is 11.8 Å². The first-order chi connectivity index (χ1) is 14.1. The van der Waals surface area contributed by atoms with Gasteiger partial charge in [0.15, 0.2) is 5.41 Å². The van der Waals surface area contributed by atoms with Gasteiger partial charge in [-0.15, -0.1) is 0 Å². The highest BCUT2D eigenvalue weighted by molar-refractivity contribution is 8.00. The van der Waals surface area contributed by atoms with Gasteiger partial charge in [-0.25, -0.2) is 4.99 Å². The van der Waals surface area contributed by atoms with Crippen molar-refractivity contribution in [2.45, 2.75) is 17.9 Å². The predicted octanol–water partition coefficient (Wildman–Crippen LogP) is 3.28. The van der Waals surface area contributed by atoms with Crippen LogP contribution in [0.3, 0.4) is 0 Å². The average Bonchev–Trinajstić information content (AvgIpc) is 3.01. The molecule has 2 aromatic carbocycles. The number of nitriles is 2. The Morgan fingerprint density at radius 2 is 1.55 bits per heavy atom. The first-order valence-electron chi connectivity index (χ1n) is 9.65. The van der Waals surface area contributed by atoms with Crippen LogP contribution in [0.2, 0.25) is 0 Å². The second-order valence-electron chi connectivity index (χ2n) is 7.91. The van der Waals surface area contributed by atoms with Gasteiger partial charge in [0.25, 0.3) is 0 Å². The van der Waals surface area contributed by atoms with Crippen molar-refractivity contribution in [1.82, 2.24) is 0 Å². The number of hydrogen-bond donors (Lipinski definition) is 1. The van der Waals surface area contributed by atoms with E-state index in [1.54, 1.807) is 0 Å². The molecule has 0 aromatic heterocycles. The van der Waals surface area contributed by atoms with Crippen LogP contribution in [0.4, 0.5) is 0 Å². The number of rotatable bonds is 4. The molecule has 3 aliphatic rings. The molecule has 2 aromatic rings. The van der Waals surface area contributed by atoms with Crippen LogP contribution in [0, 0.1) is 38.9 Å². The minimum atomic E-state index is -1.17. The fraction of sp³-hybridized carbons (Fsp3) is 0.348. The van der Waals surface area contributed by atoms with Crippen LogP contribution in [0.1, 0.15) is 11.1 Å². The molecular weight excluding hydrogens is 380 g/mol. The van der Waals surface area contributed by atoms with Crippen LogP contribution in [0.25, 0.3) is 0 Å². The van der Waals surface area contributed by atoms with E-state index in [4.69, 9.17) is 10.5 Å². The summed E-state index contributed by atoms with van der Waals surface area (Å²) in [5.41, 5.74) is 5.59. The van der Waals surface area contributed by atoms with Gasteiger partial charge in [-0.1, -0.05) is 72.4 Å². The van der Waals surface area contributed by atoms with E-state index in [0.29, 0.717) is 19.4 Å². The van der Waals surface area contributed by atoms with Gasteiger partial charge in [-0.05, 0) is 24.0 Å². The van der Waals surface area contributed by atoms with Crippen LogP contribution in [0.5, 0.6) is 0 Å². The molecule has 1 aliphatic carbocycles. The second-order valence-corrected chi connectivity index (χ2v) is 9.16. The normalized spacial score (nSPS) is 33.5. The van der Waals surface area contributed by atoms with Gasteiger partial charge in [0.2, 0.25) is 5.06 Å². The van der Waals surface area contributed by atoms with Crippen LogP contribution in [-0.4, -0.2) is 23.3 Å². The van der Waals surface area contributed by atoms with E-state index in [2.05, 4.69) is 17.1 Å². The topological polar surface area (TPSA) is 95.2 Å². The van der Waals surface area contributed by atoms with Crippen molar-refractivity contribution in [3.05, 3.63) is 71.8 Å². The lowest BCUT2D eigenvalue weighted by atomic mass is 9.79. The van der Waals surface area contributed by atoms with Crippen molar-refractivity contribution >= 4 is 17.6 Å². The molecule has 2 N–H and O–H groups in total. The van der Waals surface area contributed by atoms with Gasteiger partial charge in [-0.3, -0.25) is 0 Å². The fourth-order valence-electron chi connectivity index (χ4n) is 5.67. The second kappa shape index (κ2) is 6.10. The molecule has 0 bridgehead atoms. The van der Waals surface area contributed by atoms with Crippen molar-refractivity contribution in [2.75, 3.05) is 12.4 Å². The fourth-order valence-corrected chi connectivity index (χ4v) is 7.05. The average molecular weight is 401 g/mol. The van der Waals surface area contributed by atoms with Crippen LogP contribution < -0.4 is 5.73 Å². The first-order valence-corrected chi connectivity index (χ1v) is 10.6. The summed E-state index contributed by atoms with van der Waals surface area (Å²) >= 11 is 1.50. The number of ether oxygens (including phenoxy) is 1. The molecule has 0 radical (unpaired) electrons. The summed E-state index contributed by atoms with van der Waals surface area (Å²) in [4.78, 5) is 4.60. The number of aliphatic imine (C=N–C) groups is 1. The number of nitrogens with zero attached hydrogens (tertiary/aromatic N) is 3. The molecule has 3 atom stereocenters. The zero-order valence-electron chi connectivity index (χ0n) is 15.8. The molecule has 0 amide bonds. The number of nitrogens with two attached hydrogens (primary N) is 1. The standard InChI is InChI=1S/C23H20N4OS/c24-15-21-19(26)27-23(28-11-12-29-23)22(21,16-25)20(21,13-17-7-3-1-4-8-17)14-18-9-5-2-6-10-18/h1-10H,11-14H2,(H2,26,27)/t21-,22+,23-/m1/s1. The van der Waals surface area contributed by atoms with Crippen molar-refractivity contribution in [1.29, 1.82) is 10.5 Å². The van der Waals surface area contributed by atoms with Gasteiger partial charge in [0, 0.05) is 11.2 Å². The minimum Gasteiger partial charge on any atom is -0.386 e. The largest absolute Gasteiger partial charge is 0.386 e. The highest BCUT2D eigenvalue weighted by atomic mass is 32.2. The van der Waals surface area contributed by atoms with Gasteiger partial charge >= 0.3 is 0 Å². The van der Waals surface area contributed by atoms with Gasteiger partial charge in [0.05, 0.1) is 18.7 Å². The first kappa shape index (κ1) is 18.2. The molecule has 1 saturated carbocycles. The predicted molar refractivity (Wildman–Crippen MR) is 112 cm³/mol. The molecule has 0 unspecified atom stereocenters. The van der Waals surface area contributed by atoms with E-state index in [9.17, 15) is 10.5 Å². The van der Waals surface area contributed by atoms with Crippen LogP contribution in [-0.2, 0) is 17.6 Å². The van der Waals surface area contributed by atoms with E-state index in [-0.39, 0.29) is 5.84 Å². The van der Waals surface area contributed by atoms with E-state index in [1.807, 2.05) is 60.7 Å². The lowest BCUT2D eigenvalue weighted by Crippen LogP contribution is -2.39. The minimum absolute atomic E-state index is 0.239. The summed E-state index contributed by atoms with van der Waals surface area (Å²) in [6.45, 7) is 0.499. The molecular formula is C23H20N4OS. The van der Waals surface area contributed by atoms with Crippen molar-refractivity contribution < 1.29 is 4.74 Å². The molecule has 1 saturated heterocycles. The summed E-state index contributed by atoms with van der Waals surface area (Å²) < 4.78 is 6.10. The lowest BCUT2D eigenvalue weighted by Gasteiger charge is -2.32. The highest BCUT2D eigenvalue weighted by Crippen LogP contribution is 2.88. The van der Waals surface area contributed by atoms with Crippen molar-refractivity contribution in [2.24, 2.45) is 27.0 Å². The smallest absolute Gasteiger partial charge is 0.230 e. The quantitative estimate of drug-likeness (QED) is 0.850.